The number of carbonyl (C=O) groups excluding carboxylic acids is 1. The summed E-state index contributed by atoms with van der Waals surface area (Å²) in [7, 11) is 0. The van der Waals surface area contributed by atoms with Crippen LogP contribution in [0.15, 0.2) is 4.99 Å². The standard InChI is InChI=1S/C19H36N4O3/c1-4-20-19(21-13-16(3)14-22-9-11-25-12-10-22)23-8-6-7-17(15-23)18(24)26-5-2/h16-17H,4-15H2,1-3H3,(H,20,21). The van der Waals surface area contributed by atoms with Gasteiger partial charge >= 0.3 is 5.97 Å². The van der Waals surface area contributed by atoms with E-state index < -0.39 is 0 Å². The van der Waals surface area contributed by atoms with Crippen LogP contribution in [0.3, 0.4) is 0 Å². The number of piperidine rings is 1. The van der Waals surface area contributed by atoms with Gasteiger partial charge in [-0.25, -0.2) is 0 Å². The summed E-state index contributed by atoms with van der Waals surface area (Å²) in [6.07, 6.45) is 1.90. The predicted octanol–water partition coefficient (Wildman–Crippen LogP) is 1.20. The Bertz CT molecular complexity index is 452. The molecule has 0 amide bonds. The summed E-state index contributed by atoms with van der Waals surface area (Å²) in [5.74, 6) is 1.30. The molecule has 2 fully saturated rings. The molecule has 0 bridgehead atoms. The second-order valence-corrected chi connectivity index (χ2v) is 7.25. The number of guanidine groups is 1. The van der Waals surface area contributed by atoms with Crippen LogP contribution < -0.4 is 5.32 Å². The highest BCUT2D eigenvalue weighted by atomic mass is 16.5. The van der Waals surface area contributed by atoms with Crippen molar-refractivity contribution >= 4 is 11.9 Å². The summed E-state index contributed by atoms with van der Waals surface area (Å²) in [5.41, 5.74) is 0. The van der Waals surface area contributed by atoms with E-state index in [9.17, 15) is 4.79 Å². The summed E-state index contributed by atoms with van der Waals surface area (Å²) < 4.78 is 10.6. The molecule has 0 aliphatic carbocycles. The first-order valence-electron chi connectivity index (χ1n) is 10.1. The van der Waals surface area contributed by atoms with E-state index in [1.54, 1.807) is 0 Å². The van der Waals surface area contributed by atoms with Crippen LogP contribution in [0.4, 0.5) is 0 Å². The van der Waals surface area contributed by atoms with Crippen LogP contribution in [-0.2, 0) is 14.3 Å². The first-order valence-corrected chi connectivity index (χ1v) is 10.1. The van der Waals surface area contributed by atoms with E-state index in [-0.39, 0.29) is 11.9 Å². The lowest BCUT2D eigenvalue weighted by Crippen LogP contribution is -2.48. The monoisotopic (exact) mass is 368 g/mol. The number of aliphatic imine (C=N–C) groups is 1. The first kappa shape index (κ1) is 21.0. The molecule has 7 heteroatoms. The summed E-state index contributed by atoms with van der Waals surface area (Å²) in [5, 5.41) is 3.39. The quantitative estimate of drug-likeness (QED) is 0.414. The molecule has 0 aromatic heterocycles. The molecule has 7 nitrogen and oxygen atoms in total. The van der Waals surface area contributed by atoms with Crippen LogP contribution in [-0.4, -0.2) is 87.4 Å². The van der Waals surface area contributed by atoms with Crippen molar-refractivity contribution in [2.45, 2.75) is 33.6 Å². The molecule has 26 heavy (non-hydrogen) atoms. The number of rotatable bonds is 7. The van der Waals surface area contributed by atoms with Crippen molar-refractivity contribution < 1.29 is 14.3 Å². The highest BCUT2D eigenvalue weighted by Crippen LogP contribution is 2.18. The second-order valence-electron chi connectivity index (χ2n) is 7.25. The third-order valence-corrected chi connectivity index (χ3v) is 4.90. The van der Waals surface area contributed by atoms with E-state index >= 15 is 0 Å². The van der Waals surface area contributed by atoms with Gasteiger partial charge in [0.1, 0.15) is 0 Å². The van der Waals surface area contributed by atoms with Crippen LogP contribution in [0, 0.1) is 11.8 Å². The Morgan fingerprint density at radius 2 is 2.08 bits per heavy atom. The molecule has 2 aliphatic heterocycles. The summed E-state index contributed by atoms with van der Waals surface area (Å²) in [4.78, 5) is 21.6. The maximum absolute atomic E-state index is 12.1. The van der Waals surface area contributed by atoms with Crippen molar-refractivity contribution in [3.63, 3.8) is 0 Å². The van der Waals surface area contributed by atoms with Gasteiger partial charge in [0.25, 0.3) is 0 Å². The molecule has 2 saturated heterocycles. The largest absolute Gasteiger partial charge is 0.466 e. The lowest BCUT2D eigenvalue weighted by molar-refractivity contribution is -0.149. The molecule has 0 saturated carbocycles. The Kier molecular flexibility index (Phi) is 9.18. The Morgan fingerprint density at radius 3 is 2.77 bits per heavy atom. The minimum absolute atomic E-state index is 0.0432. The van der Waals surface area contributed by atoms with E-state index in [2.05, 4.69) is 29.0 Å². The smallest absolute Gasteiger partial charge is 0.310 e. The number of hydrogen-bond donors (Lipinski definition) is 1. The van der Waals surface area contributed by atoms with Gasteiger partial charge in [-0.2, -0.15) is 0 Å². The molecule has 2 unspecified atom stereocenters. The number of nitrogens with one attached hydrogen (secondary N) is 1. The molecule has 2 aliphatic rings. The fraction of sp³-hybridized carbons (Fsp3) is 0.895. The number of esters is 1. The Hall–Kier alpha value is -1.34. The Balaban J connectivity index is 1.88. The highest BCUT2D eigenvalue weighted by molar-refractivity contribution is 5.81. The van der Waals surface area contributed by atoms with Gasteiger partial charge < -0.3 is 19.7 Å². The highest BCUT2D eigenvalue weighted by Gasteiger charge is 2.28. The Morgan fingerprint density at radius 1 is 1.31 bits per heavy atom. The number of morpholine rings is 1. The van der Waals surface area contributed by atoms with Gasteiger partial charge in [0.15, 0.2) is 5.96 Å². The topological polar surface area (TPSA) is 66.4 Å². The molecular formula is C19H36N4O3. The normalized spacial score (nSPS) is 23.6. The second kappa shape index (κ2) is 11.4. The molecular weight excluding hydrogens is 332 g/mol. The van der Waals surface area contributed by atoms with Crippen molar-refractivity contribution in [3.8, 4) is 0 Å². The predicted molar refractivity (Wildman–Crippen MR) is 103 cm³/mol. The molecule has 150 valence electrons. The van der Waals surface area contributed by atoms with Gasteiger partial charge in [0.05, 0.1) is 25.7 Å². The molecule has 2 heterocycles. The number of carbonyl (C=O) groups is 1. The lowest BCUT2D eigenvalue weighted by Gasteiger charge is -2.34. The Labute approximate surface area is 158 Å². The van der Waals surface area contributed by atoms with Crippen molar-refractivity contribution in [2.75, 3.05) is 65.6 Å². The number of ether oxygens (including phenoxy) is 2. The minimum Gasteiger partial charge on any atom is -0.466 e. The number of nitrogens with zero attached hydrogens (tertiary/aromatic N) is 3. The van der Waals surface area contributed by atoms with Crippen molar-refractivity contribution in [2.24, 2.45) is 16.8 Å². The van der Waals surface area contributed by atoms with E-state index in [4.69, 9.17) is 14.5 Å². The molecule has 2 atom stereocenters. The van der Waals surface area contributed by atoms with E-state index in [1.165, 1.54) is 0 Å². The molecule has 0 spiro atoms. The maximum atomic E-state index is 12.1. The maximum Gasteiger partial charge on any atom is 0.310 e. The number of hydrogen-bond acceptors (Lipinski definition) is 5. The summed E-state index contributed by atoms with van der Waals surface area (Å²) in [6, 6.07) is 0. The number of likely N-dealkylation sites (tertiary alicyclic amines) is 1. The summed E-state index contributed by atoms with van der Waals surface area (Å²) in [6.45, 7) is 14.7. The first-order chi connectivity index (χ1) is 12.6. The third kappa shape index (κ3) is 6.76. The fourth-order valence-corrected chi connectivity index (χ4v) is 3.57. The van der Waals surface area contributed by atoms with Crippen molar-refractivity contribution in [1.82, 2.24) is 15.1 Å². The van der Waals surface area contributed by atoms with Gasteiger partial charge in [-0.1, -0.05) is 6.92 Å². The zero-order chi connectivity index (χ0) is 18.8. The van der Waals surface area contributed by atoms with E-state index in [0.29, 0.717) is 19.1 Å². The molecule has 1 N–H and O–H groups in total. The lowest BCUT2D eigenvalue weighted by atomic mass is 9.98. The summed E-state index contributed by atoms with van der Waals surface area (Å²) >= 11 is 0. The molecule has 0 aromatic rings. The van der Waals surface area contributed by atoms with Crippen molar-refractivity contribution in [1.29, 1.82) is 0 Å². The molecule has 0 radical (unpaired) electrons. The minimum atomic E-state index is -0.0752. The average molecular weight is 369 g/mol. The van der Waals surface area contributed by atoms with Crippen molar-refractivity contribution in [3.05, 3.63) is 0 Å². The molecule has 2 rings (SSSR count). The van der Waals surface area contributed by atoms with Gasteiger partial charge in [-0.05, 0) is 32.6 Å². The van der Waals surface area contributed by atoms with Crippen LogP contribution in [0.5, 0.6) is 0 Å². The zero-order valence-electron chi connectivity index (χ0n) is 16.7. The average Bonchev–Trinajstić information content (AvgIpc) is 2.66. The molecule has 0 aromatic carbocycles. The van der Waals surface area contributed by atoms with Crippen LogP contribution in [0.1, 0.15) is 33.6 Å². The SMILES string of the molecule is CCNC(=NCC(C)CN1CCOCC1)N1CCCC(C(=O)OCC)C1. The zero-order valence-corrected chi connectivity index (χ0v) is 16.7. The van der Waals surface area contributed by atoms with Crippen LogP contribution in [0.25, 0.3) is 0 Å². The van der Waals surface area contributed by atoms with Gasteiger partial charge in [-0.3, -0.25) is 14.7 Å². The fourth-order valence-electron chi connectivity index (χ4n) is 3.57. The van der Waals surface area contributed by atoms with Gasteiger partial charge in [0.2, 0.25) is 0 Å². The van der Waals surface area contributed by atoms with Crippen LogP contribution in [0.2, 0.25) is 0 Å². The third-order valence-electron chi connectivity index (χ3n) is 4.90. The van der Waals surface area contributed by atoms with Crippen LogP contribution >= 0.6 is 0 Å². The van der Waals surface area contributed by atoms with E-state index in [1.807, 2.05) is 6.92 Å². The van der Waals surface area contributed by atoms with Gasteiger partial charge in [-0.15, -0.1) is 0 Å². The van der Waals surface area contributed by atoms with E-state index in [0.717, 1.165) is 71.3 Å². The van der Waals surface area contributed by atoms with Gasteiger partial charge in [0, 0.05) is 45.8 Å².